The first-order valence-corrected chi connectivity index (χ1v) is 5.56. The number of nitrogens with zero attached hydrogens (tertiary/aromatic N) is 3. The standard InChI is InChI=1S/C10H19N5O/c1-7-9(11)10(12)13-15(7)5-4-14-3-2-8(16)6-14/h8,16H,2-6,11H2,1H3,(H2,12,13). The number of aliphatic hydroxyl groups is 1. The summed E-state index contributed by atoms with van der Waals surface area (Å²) in [4.78, 5) is 2.22. The summed E-state index contributed by atoms with van der Waals surface area (Å²) in [5.74, 6) is 0.402. The summed E-state index contributed by atoms with van der Waals surface area (Å²) in [6.45, 7) is 5.26. The molecule has 90 valence electrons. The van der Waals surface area contributed by atoms with E-state index in [1.165, 1.54) is 0 Å². The van der Waals surface area contributed by atoms with Crippen LogP contribution in [0.1, 0.15) is 12.1 Å². The molecule has 1 fully saturated rings. The van der Waals surface area contributed by atoms with Gasteiger partial charge in [-0.05, 0) is 13.3 Å². The molecule has 0 bridgehead atoms. The van der Waals surface area contributed by atoms with Crippen molar-refractivity contribution in [3.05, 3.63) is 5.69 Å². The van der Waals surface area contributed by atoms with E-state index in [1.54, 1.807) is 0 Å². The molecule has 1 aliphatic rings. The Hall–Kier alpha value is -1.27. The Morgan fingerprint density at radius 2 is 2.19 bits per heavy atom. The van der Waals surface area contributed by atoms with Crippen LogP contribution >= 0.6 is 0 Å². The fourth-order valence-electron chi connectivity index (χ4n) is 2.05. The first kappa shape index (κ1) is 11.2. The summed E-state index contributed by atoms with van der Waals surface area (Å²) >= 11 is 0. The van der Waals surface area contributed by atoms with Crippen LogP contribution in [0.4, 0.5) is 11.5 Å². The van der Waals surface area contributed by atoms with Crippen LogP contribution < -0.4 is 11.5 Å². The van der Waals surface area contributed by atoms with Gasteiger partial charge in [-0.3, -0.25) is 9.58 Å². The number of nitrogens with two attached hydrogens (primary N) is 2. The highest BCUT2D eigenvalue weighted by Gasteiger charge is 2.20. The second-order valence-electron chi connectivity index (χ2n) is 4.35. The molecule has 1 saturated heterocycles. The van der Waals surface area contributed by atoms with Crippen LogP contribution in [0.15, 0.2) is 0 Å². The predicted octanol–water partition coefficient (Wildman–Crippen LogP) is -0.577. The SMILES string of the molecule is Cc1c(N)c(N)nn1CCN1CCC(O)C1. The van der Waals surface area contributed by atoms with E-state index in [9.17, 15) is 5.11 Å². The van der Waals surface area contributed by atoms with Gasteiger partial charge in [0.15, 0.2) is 5.82 Å². The quantitative estimate of drug-likeness (QED) is 0.640. The van der Waals surface area contributed by atoms with Crippen molar-refractivity contribution in [2.75, 3.05) is 31.1 Å². The summed E-state index contributed by atoms with van der Waals surface area (Å²) in [5.41, 5.74) is 12.9. The van der Waals surface area contributed by atoms with E-state index in [4.69, 9.17) is 11.5 Å². The number of hydrogen-bond donors (Lipinski definition) is 3. The van der Waals surface area contributed by atoms with Crippen LogP contribution in [0.5, 0.6) is 0 Å². The maximum atomic E-state index is 9.40. The maximum absolute atomic E-state index is 9.40. The molecule has 1 aromatic rings. The normalized spacial score (nSPS) is 21.8. The van der Waals surface area contributed by atoms with E-state index in [-0.39, 0.29) is 6.10 Å². The molecule has 6 nitrogen and oxygen atoms in total. The molecular weight excluding hydrogens is 206 g/mol. The molecule has 1 unspecified atom stereocenters. The third-order valence-electron chi connectivity index (χ3n) is 3.16. The van der Waals surface area contributed by atoms with Crippen molar-refractivity contribution in [1.29, 1.82) is 0 Å². The van der Waals surface area contributed by atoms with Gasteiger partial charge < -0.3 is 16.6 Å². The summed E-state index contributed by atoms with van der Waals surface area (Å²) in [5, 5.41) is 13.6. The van der Waals surface area contributed by atoms with Gasteiger partial charge in [-0.25, -0.2) is 0 Å². The van der Waals surface area contributed by atoms with E-state index in [0.29, 0.717) is 11.5 Å². The lowest BCUT2D eigenvalue weighted by atomic mass is 10.3. The number of likely N-dealkylation sites (tertiary alicyclic amines) is 1. The largest absolute Gasteiger partial charge is 0.394 e. The highest BCUT2D eigenvalue weighted by atomic mass is 16.3. The number of hydrogen-bond acceptors (Lipinski definition) is 5. The molecule has 0 spiro atoms. The Bertz CT molecular complexity index is 376. The number of aromatic nitrogens is 2. The zero-order valence-corrected chi connectivity index (χ0v) is 9.56. The van der Waals surface area contributed by atoms with Crippen molar-refractivity contribution in [1.82, 2.24) is 14.7 Å². The van der Waals surface area contributed by atoms with Crippen LogP contribution in [0.2, 0.25) is 0 Å². The zero-order valence-electron chi connectivity index (χ0n) is 9.56. The van der Waals surface area contributed by atoms with E-state index in [0.717, 1.165) is 38.3 Å². The molecule has 16 heavy (non-hydrogen) atoms. The molecule has 0 aliphatic carbocycles. The minimum atomic E-state index is -0.172. The summed E-state index contributed by atoms with van der Waals surface area (Å²) < 4.78 is 1.83. The highest BCUT2D eigenvalue weighted by Crippen LogP contribution is 2.17. The number of nitrogen functional groups attached to an aromatic ring is 2. The average Bonchev–Trinajstić information content (AvgIpc) is 2.76. The molecule has 0 amide bonds. The number of rotatable bonds is 3. The Morgan fingerprint density at radius 3 is 2.69 bits per heavy atom. The Kier molecular flexibility index (Phi) is 3.02. The van der Waals surface area contributed by atoms with Crippen molar-refractivity contribution < 1.29 is 5.11 Å². The predicted molar refractivity (Wildman–Crippen MR) is 62.9 cm³/mol. The van der Waals surface area contributed by atoms with E-state index < -0.39 is 0 Å². The minimum absolute atomic E-state index is 0.172. The first-order valence-electron chi connectivity index (χ1n) is 5.56. The smallest absolute Gasteiger partial charge is 0.168 e. The van der Waals surface area contributed by atoms with Gasteiger partial charge in [0.1, 0.15) is 0 Å². The second kappa shape index (κ2) is 4.31. The topological polar surface area (TPSA) is 93.3 Å². The van der Waals surface area contributed by atoms with Crippen molar-refractivity contribution >= 4 is 11.5 Å². The molecule has 2 heterocycles. The van der Waals surface area contributed by atoms with Crippen LogP contribution in [-0.2, 0) is 6.54 Å². The van der Waals surface area contributed by atoms with Crippen LogP contribution in [0.25, 0.3) is 0 Å². The number of anilines is 2. The molecule has 5 N–H and O–H groups in total. The molecule has 1 aromatic heterocycles. The van der Waals surface area contributed by atoms with Crippen LogP contribution in [0.3, 0.4) is 0 Å². The highest BCUT2D eigenvalue weighted by molar-refractivity contribution is 5.61. The Labute approximate surface area is 94.8 Å². The van der Waals surface area contributed by atoms with Gasteiger partial charge in [0, 0.05) is 19.6 Å². The van der Waals surface area contributed by atoms with E-state index >= 15 is 0 Å². The molecule has 2 rings (SSSR count). The summed E-state index contributed by atoms with van der Waals surface area (Å²) in [6, 6.07) is 0. The number of β-amino-alcohol motifs (C(OH)–C–C–N with tert-alkyl or cyclic N) is 1. The van der Waals surface area contributed by atoms with Crippen molar-refractivity contribution in [2.24, 2.45) is 0 Å². The monoisotopic (exact) mass is 225 g/mol. The fraction of sp³-hybridized carbons (Fsp3) is 0.700. The van der Waals surface area contributed by atoms with Crippen LogP contribution in [0, 0.1) is 6.92 Å². The van der Waals surface area contributed by atoms with Crippen molar-refractivity contribution in [3.63, 3.8) is 0 Å². The molecule has 6 heteroatoms. The first-order chi connectivity index (χ1) is 7.58. The van der Waals surface area contributed by atoms with Crippen LogP contribution in [-0.4, -0.2) is 45.5 Å². The van der Waals surface area contributed by atoms with E-state index in [2.05, 4.69) is 10.00 Å². The van der Waals surface area contributed by atoms with E-state index in [1.807, 2.05) is 11.6 Å². The molecule has 0 aromatic carbocycles. The third kappa shape index (κ3) is 2.12. The molecule has 0 radical (unpaired) electrons. The van der Waals surface area contributed by atoms with Gasteiger partial charge in [-0.1, -0.05) is 0 Å². The average molecular weight is 225 g/mol. The van der Waals surface area contributed by atoms with Gasteiger partial charge >= 0.3 is 0 Å². The minimum Gasteiger partial charge on any atom is -0.394 e. The Morgan fingerprint density at radius 1 is 1.44 bits per heavy atom. The van der Waals surface area contributed by atoms with Gasteiger partial charge in [0.2, 0.25) is 0 Å². The lowest BCUT2D eigenvalue weighted by molar-refractivity contribution is 0.174. The van der Waals surface area contributed by atoms with Gasteiger partial charge in [-0.2, -0.15) is 5.10 Å². The van der Waals surface area contributed by atoms with Crippen molar-refractivity contribution in [3.8, 4) is 0 Å². The van der Waals surface area contributed by atoms with Gasteiger partial charge in [-0.15, -0.1) is 0 Å². The molecule has 1 aliphatic heterocycles. The lowest BCUT2D eigenvalue weighted by Gasteiger charge is -2.15. The summed E-state index contributed by atoms with van der Waals surface area (Å²) in [6.07, 6.45) is 0.691. The molecular formula is C10H19N5O. The van der Waals surface area contributed by atoms with Gasteiger partial charge in [0.05, 0.1) is 24.0 Å². The molecule has 1 atom stereocenters. The molecule has 0 saturated carbocycles. The lowest BCUT2D eigenvalue weighted by Crippen LogP contribution is -2.26. The third-order valence-corrected chi connectivity index (χ3v) is 3.16. The van der Waals surface area contributed by atoms with Gasteiger partial charge in [0.25, 0.3) is 0 Å². The number of aliphatic hydroxyl groups excluding tert-OH is 1. The summed E-state index contributed by atoms with van der Waals surface area (Å²) in [7, 11) is 0. The second-order valence-corrected chi connectivity index (χ2v) is 4.35. The Balaban J connectivity index is 1.92. The van der Waals surface area contributed by atoms with Crippen molar-refractivity contribution in [2.45, 2.75) is 26.0 Å². The zero-order chi connectivity index (χ0) is 11.7. The maximum Gasteiger partial charge on any atom is 0.168 e. The fourth-order valence-corrected chi connectivity index (χ4v) is 2.05.